The Morgan fingerprint density at radius 1 is 1.11 bits per heavy atom. The van der Waals surface area contributed by atoms with Gasteiger partial charge in [-0.1, -0.05) is 13.8 Å². The molecule has 2 N–H and O–H groups in total. The van der Waals surface area contributed by atoms with Gasteiger partial charge in [0.05, 0.1) is 26.9 Å². The summed E-state index contributed by atoms with van der Waals surface area (Å²) < 4.78 is 15.8. The molecule has 2 aromatic rings. The average Bonchev–Trinajstić information content (AvgIpc) is 3.01. The van der Waals surface area contributed by atoms with Crippen LogP contribution in [0.1, 0.15) is 40.1 Å². The van der Waals surface area contributed by atoms with Gasteiger partial charge in [0.1, 0.15) is 5.00 Å². The number of carbonyl (C=O) groups excluding carboxylic acids is 1. The van der Waals surface area contributed by atoms with Crippen LogP contribution in [0.25, 0.3) is 0 Å². The van der Waals surface area contributed by atoms with Gasteiger partial charge in [0.15, 0.2) is 11.5 Å². The van der Waals surface area contributed by atoms with Crippen molar-refractivity contribution in [1.82, 2.24) is 0 Å². The van der Waals surface area contributed by atoms with Gasteiger partial charge in [0.25, 0.3) is 5.91 Å². The zero-order chi connectivity index (χ0) is 20.1. The summed E-state index contributed by atoms with van der Waals surface area (Å²) in [6.45, 7) is 4.02. The van der Waals surface area contributed by atoms with E-state index in [1.165, 1.54) is 44.8 Å². The zero-order valence-corrected chi connectivity index (χ0v) is 16.7. The van der Waals surface area contributed by atoms with Crippen molar-refractivity contribution in [2.24, 2.45) is 5.92 Å². The molecule has 27 heavy (non-hydrogen) atoms. The Labute approximate surface area is 161 Å². The van der Waals surface area contributed by atoms with Crippen molar-refractivity contribution in [3.8, 4) is 17.2 Å². The van der Waals surface area contributed by atoms with Crippen LogP contribution in [-0.4, -0.2) is 38.3 Å². The molecule has 0 aliphatic heterocycles. The molecule has 146 valence electrons. The van der Waals surface area contributed by atoms with Crippen LogP contribution in [0.4, 0.5) is 5.00 Å². The van der Waals surface area contributed by atoms with Crippen LogP contribution in [0.5, 0.6) is 17.2 Å². The van der Waals surface area contributed by atoms with Gasteiger partial charge in [-0.25, -0.2) is 4.79 Å². The van der Waals surface area contributed by atoms with E-state index in [-0.39, 0.29) is 11.1 Å². The van der Waals surface area contributed by atoms with Crippen molar-refractivity contribution in [2.45, 2.75) is 20.3 Å². The Morgan fingerprint density at radius 3 is 2.15 bits per heavy atom. The standard InChI is InChI=1S/C19H23NO6S/c1-10(2)6-12-9-27-18(15(12)19(22)23)20-17(21)11-7-13(24-3)16(26-5)14(8-11)25-4/h7-10H,6H2,1-5H3,(H,20,21)(H,22,23). The smallest absolute Gasteiger partial charge is 0.338 e. The fourth-order valence-corrected chi connectivity index (χ4v) is 3.66. The van der Waals surface area contributed by atoms with E-state index in [0.29, 0.717) is 40.2 Å². The fourth-order valence-electron chi connectivity index (χ4n) is 2.70. The molecule has 2 rings (SSSR count). The van der Waals surface area contributed by atoms with Gasteiger partial charge in [0, 0.05) is 5.56 Å². The highest BCUT2D eigenvalue weighted by molar-refractivity contribution is 7.15. The number of thiophene rings is 1. The number of methoxy groups -OCH3 is 3. The number of amides is 1. The summed E-state index contributed by atoms with van der Waals surface area (Å²) in [6, 6.07) is 3.03. The number of aromatic carboxylic acids is 1. The molecule has 0 spiro atoms. The van der Waals surface area contributed by atoms with Crippen molar-refractivity contribution < 1.29 is 28.9 Å². The van der Waals surface area contributed by atoms with Crippen molar-refractivity contribution >= 4 is 28.2 Å². The van der Waals surface area contributed by atoms with Crippen LogP contribution in [0.3, 0.4) is 0 Å². The zero-order valence-electron chi connectivity index (χ0n) is 15.9. The summed E-state index contributed by atoms with van der Waals surface area (Å²) >= 11 is 1.20. The molecule has 1 aromatic heterocycles. The molecule has 0 bridgehead atoms. The number of hydrogen-bond acceptors (Lipinski definition) is 6. The van der Waals surface area contributed by atoms with E-state index in [9.17, 15) is 14.7 Å². The topological polar surface area (TPSA) is 94.1 Å². The molecule has 1 amide bonds. The highest BCUT2D eigenvalue weighted by atomic mass is 32.1. The second-order valence-electron chi connectivity index (χ2n) is 6.24. The van der Waals surface area contributed by atoms with Crippen molar-refractivity contribution in [3.05, 3.63) is 34.2 Å². The van der Waals surface area contributed by atoms with Gasteiger partial charge in [0.2, 0.25) is 5.75 Å². The highest BCUT2D eigenvalue weighted by Gasteiger charge is 2.22. The molecule has 8 heteroatoms. The summed E-state index contributed by atoms with van der Waals surface area (Å²) in [5.74, 6) is -0.171. The van der Waals surface area contributed by atoms with E-state index < -0.39 is 11.9 Å². The van der Waals surface area contributed by atoms with E-state index in [4.69, 9.17) is 14.2 Å². The largest absolute Gasteiger partial charge is 0.493 e. The lowest BCUT2D eigenvalue weighted by Crippen LogP contribution is -2.14. The maximum absolute atomic E-state index is 12.7. The molecule has 0 aliphatic rings. The third-order valence-electron chi connectivity index (χ3n) is 3.86. The van der Waals surface area contributed by atoms with E-state index in [0.717, 1.165) is 0 Å². The molecule has 0 saturated carbocycles. The predicted molar refractivity (Wildman–Crippen MR) is 104 cm³/mol. The number of benzene rings is 1. The first-order valence-electron chi connectivity index (χ1n) is 8.27. The molecule has 1 heterocycles. The summed E-state index contributed by atoms with van der Waals surface area (Å²) in [7, 11) is 4.39. The van der Waals surface area contributed by atoms with Gasteiger partial charge in [-0.05, 0) is 35.4 Å². The Balaban J connectivity index is 2.38. The predicted octanol–water partition coefficient (Wildman–Crippen LogP) is 3.92. The SMILES string of the molecule is COc1cc(C(=O)Nc2scc(CC(C)C)c2C(=O)O)cc(OC)c1OC. The lowest BCUT2D eigenvalue weighted by molar-refractivity contribution is 0.0697. The maximum Gasteiger partial charge on any atom is 0.338 e. The second-order valence-corrected chi connectivity index (χ2v) is 7.12. The van der Waals surface area contributed by atoms with Crippen LogP contribution in [-0.2, 0) is 6.42 Å². The molecule has 0 saturated heterocycles. The molecule has 1 aromatic carbocycles. The molecule has 0 fully saturated rings. The Kier molecular flexibility index (Phi) is 6.68. The lowest BCUT2D eigenvalue weighted by Gasteiger charge is -2.14. The van der Waals surface area contributed by atoms with Crippen molar-refractivity contribution in [1.29, 1.82) is 0 Å². The van der Waals surface area contributed by atoms with Gasteiger partial charge < -0.3 is 24.6 Å². The van der Waals surface area contributed by atoms with E-state index in [1.54, 1.807) is 5.38 Å². The molecule has 0 radical (unpaired) electrons. The van der Waals surface area contributed by atoms with Gasteiger partial charge in [-0.15, -0.1) is 11.3 Å². The Morgan fingerprint density at radius 2 is 1.70 bits per heavy atom. The molecule has 0 atom stereocenters. The molecule has 0 unspecified atom stereocenters. The number of anilines is 1. The minimum Gasteiger partial charge on any atom is -0.493 e. The quantitative estimate of drug-likeness (QED) is 0.706. The monoisotopic (exact) mass is 393 g/mol. The van der Waals surface area contributed by atoms with Crippen LogP contribution >= 0.6 is 11.3 Å². The van der Waals surface area contributed by atoms with Crippen molar-refractivity contribution in [2.75, 3.05) is 26.6 Å². The van der Waals surface area contributed by atoms with Crippen LogP contribution in [0.2, 0.25) is 0 Å². The van der Waals surface area contributed by atoms with Crippen molar-refractivity contribution in [3.63, 3.8) is 0 Å². The van der Waals surface area contributed by atoms with Gasteiger partial charge in [-0.2, -0.15) is 0 Å². The number of rotatable bonds is 8. The number of hydrogen-bond donors (Lipinski definition) is 2. The van der Waals surface area contributed by atoms with Crippen LogP contribution in [0, 0.1) is 5.92 Å². The number of carbonyl (C=O) groups is 2. The summed E-state index contributed by atoms with van der Waals surface area (Å²) in [6.07, 6.45) is 0.623. The van der Waals surface area contributed by atoms with E-state index >= 15 is 0 Å². The summed E-state index contributed by atoms with van der Waals surface area (Å²) in [5, 5.41) is 14.3. The third kappa shape index (κ3) is 4.51. The molecule has 0 aliphatic carbocycles. The summed E-state index contributed by atoms with van der Waals surface area (Å²) in [5.41, 5.74) is 1.11. The molecular formula is C19H23NO6S. The minimum absolute atomic E-state index is 0.134. The number of carboxylic acids is 1. The number of carboxylic acid groups (broad SMARTS) is 1. The van der Waals surface area contributed by atoms with Crippen LogP contribution in [0.15, 0.2) is 17.5 Å². The highest BCUT2D eigenvalue weighted by Crippen LogP contribution is 2.38. The normalized spacial score (nSPS) is 10.6. The first-order chi connectivity index (χ1) is 12.8. The van der Waals surface area contributed by atoms with E-state index in [1.807, 2.05) is 13.8 Å². The maximum atomic E-state index is 12.7. The molecule has 7 nitrogen and oxygen atoms in total. The van der Waals surface area contributed by atoms with Gasteiger partial charge >= 0.3 is 5.97 Å². The summed E-state index contributed by atoms with van der Waals surface area (Å²) in [4.78, 5) is 24.4. The molecular weight excluding hydrogens is 370 g/mol. The first-order valence-corrected chi connectivity index (χ1v) is 9.15. The number of nitrogens with one attached hydrogen (secondary N) is 1. The van der Waals surface area contributed by atoms with Crippen LogP contribution < -0.4 is 19.5 Å². The first kappa shape index (κ1) is 20.6. The van der Waals surface area contributed by atoms with E-state index in [2.05, 4.69) is 5.32 Å². The minimum atomic E-state index is -1.06. The Bertz CT molecular complexity index is 818. The Hall–Kier alpha value is -2.74. The number of ether oxygens (including phenoxy) is 3. The average molecular weight is 393 g/mol. The third-order valence-corrected chi connectivity index (χ3v) is 4.81. The lowest BCUT2D eigenvalue weighted by atomic mass is 10.0. The van der Waals surface area contributed by atoms with Gasteiger partial charge in [-0.3, -0.25) is 4.79 Å². The second kappa shape index (κ2) is 8.77. The fraction of sp³-hybridized carbons (Fsp3) is 0.368.